The van der Waals surface area contributed by atoms with Crippen molar-refractivity contribution in [3.05, 3.63) is 59.7 Å². The van der Waals surface area contributed by atoms with Gasteiger partial charge < -0.3 is 15.5 Å². The van der Waals surface area contributed by atoms with E-state index in [0.29, 0.717) is 0 Å². The van der Waals surface area contributed by atoms with Gasteiger partial charge in [-0.15, -0.1) is 0 Å². The summed E-state index contributed by atoms with van der Waals surface area (Å²) < 4.78 is 0. The number of thioether (sulfide) groups is 1. The van der Waals surface area contributed by atoms with Crippen molar-refractivity contribution in [1.82, 2.24) is 10.2 Å². The Hall–Kier alpha value is -1.98. The highest BCUT2D eigenvalue weighted by Crippen LogP contribution is 2.39. The summed E-state index contributed by atoms with van der Waals surface area (Å²) in [5.74, 6) is 3.45. The molecule has 0 bridgehead atoms. The van der Waals surface area contributed by atoms with Crippen LogP contribution in [-0.4, -0.2) is 41.9 Å². The summed E-state index contributed by atoms with van der Waals surface area (Å²) >= 11 is 2.04. The second-order valence-corrected chi connectivity index (χ2v) is 8.93. The van der Waals surface area contributed by atoms with Gasteiger partial charge in [0.25, 0.3) is 0 Å². The molecule has 0 atom stereocenters. The second kappa shape index (κ2) is 7.95. The molecule has 2 N–H and O–H groups in total. The maximum absolute atomic E-state index is 5.03. The van der Waals surface area contributed by atoms with Crippen molar-refractivity contribution in [3.63, 3.8) is 0 Å². The number of hydrogen-bond donors (Lipinski definition) is 2. The van der Waals surface area contributed by atoms with Crippen LogP contribution in [0.1, 0.15) is 24.0 Å². The third-order valence-electron chi connectivity index (χ3n) is 5.26. The lowest BCUT2D eigenvalue weighted by Gasteiger charge is -2.42. The first-order chi connectivity index (χ1) is 13.1. The monoisotopic (exact) mass is 380 g/mol. The zero-order valence-electron chi connectivity index (χ0n) is 16.2. The molecular weight excluding hydrogens is 352 g/mol. The van der Waals surface area contributed by atoms with Crippen LogP contribution in [0.15, 0.2) is 53.5 Å². The molecule has 2 aromatic carbocycles. The Morgan fingerprint density at radius 1 is 1.07 bits per heavy atom. The Morgan fingerprint density at radius 3 is 2.67 bits per heavy atom. The van der Waals surface area contributed by atoms with Crippen molar-refractivity contribution < 1.29 is 0 Å². The van der Waals surface area contributed by atoms with Crippen LogP contribution >= 0.6 is 11.8 Å². The molecule has 4 rings (SSSR count). The molecule has 0 saturated carbocycles. The van der Waals surface area contributed by atoms with Gasteiger partial charge >= 0.3 is 0 Å². The lowest BCUT2D eigenvalue weighted by atomic mass is 9.88. The number of aliphatic imine (C=N–C) groups is 1. The number of nitrogens with one attached hydrogen (secondary N) is 2. The molecule has 2 heterocycles. The number of para-hydroxylation sites is 2. The van der Waals surface area contributed by atoms with Gasteiger partial charge in [-0.3, -0.25) is 0 Å². The zero-order valence-corrected chi connectivity index (χ0v) is 17.0. The van der Waals surface area contributed by atoms with Crippen molar-refractivity contribution in [2.45, 2.75) is 31.5 Å². The van der Waals surface area contributed by atoms with Crippen LogP contribution in [0.5, 0.6) is 0 Å². The topological polar surface area (TPSA) is 39.7 Å². The molecule has 0 radical (unpaired) electrons. The van der Waals surface area contributed by atoms with E-state index in [9.17, 15) is 0 Å². The summed E-state index contributed by atoms with van der Waals surface area (Å²) in [5.41, 5.74) is 4.78. The molecule has 2 aromatic rings. The highest BCUT2D eigenvalue weighted by Gasteiger charge is 2.40. The maximum atomic E-state index is 5.03. The van der Waals surface area contributed by atoms with Gasteiger partial charge in [-0.25, -0.2) is 4.99 Å². The standard InChI is InChI=1S/C22H28N4S/c1-26(2)16-18-7-5-6-17(14-18)15-23-21-22(10-12-27-13-11-22)25-20-9-4-3-8-19(20)24-21/h3-9,14,25H,10-13,15-16H2,1-2H3,(H,23,24). The highest BCUT2D eigenvalue weighted by molar-refractivity contribution is 7.99. The molecule has 4 nitrogen and oxygen atoms in total. The van der Waals surface area contributed by atoms with Crippen LogP contribution in [0.3, 0.4) is 0 Å². The second-order valence-electron chi connectivity index (χ2n) is 7.71. The van der Waals surface area contributed by atoms with Crippen molar-refractivity contribution in [1.29, 1.82) is 0 Å². The Morgan fingerprint density at radius 2 is 1.85 bits per heavy atom. The van der Waals surface area contributed by atoms with E-state index in [2.05, 4.69) is 78.2 Å². The summed E-state index contributed by atoms with van der Waals surface area (Å²) in [6.07, 6.45) is 2.22. The minimum Gasteiger partial charge on any atom is -0.371 e. The van der Waals surface area contributed by atoms with Crippen LogP contribution in [0.2, 0.25) is 0 Å². The molecule has 0 aliphatic carbocycles. The average molecular weight is 381 g/mol. The number of rotatable bonds is 4. The van der Waals surface area contributed by atoms with Crippen molar-refractivity contribution in [2.75, 3.05) is 30.9 Å². The van der Waals surface area contributed by atoms with Crippen molar-refractivity contribution >= 4 is 29.0 Å². The van der Waals surface area contributed by atoms with Crippen LogP contribution in [0, 0.1) is 0 Å². The quantitative estimate of drug-likeness (QED) is 0.831. The Labute approximate surface area is 166 Å². The number of fused-ring (bicyclic) bond motifs is 1. The number of amidine groups is 1. The van der Waals surface area contributed by atoms with E-state index in [4.69, 9.17) is 4.99 Å². The maximum Gasteiger partial charge on any atom is 0.128 e. The van der Waals surface area contributed by atoms with Gasteiger partial charge in [-0.1, -0.05) is 36.4 Å². The van der Waals surface area contributed by atoms with E-state index < -0.39 is 0 Å². The van der Waals surface area contributed by atoms with Gasteiger partial charge in [-0.2, -0.15) is 11.8 Å². The Kier molecular flexibility index (Phi) is 5.41. The molecule has 142 valence electrons. The van der Waals surface area contributed by atoms with Gasteiger partial charge in [-0.05, 0) is 61.7 Å². The summed E-state index contributed by atoms with van der Waals surface area (Å²) in [7, 11) is 4.21. The minimum atomic E-state index is -0.0547. The molecular formula is C22H28N4S. The molecule has 27 heavy (non-hydrogen) atoms. The molecule has 2 aliphatic rings. The summed E-state index contributed by atoms with van der Waals surface area (Å²) in [6, 6.07) is 17.2. The summed E-state index contributed by atoms with van der Waals surface area (Å²) in [6.45, 7) is 1.77. The SMILES string of the molecule is CN(C)Cc1cccc(CNC2=Nc3ccccc3NC23CCSCC3)c1. The van der Waals surface area contributed by atoms with Crippen molar-refractivity contribution in [2.24, 2.45) is 4.99 Å². The van der Waals surface area contributed by atoms with Crippen LogP contribution in [0.25, 0.3) is 0 Å². The first-order valence-corrected chi connectivity index (χ1v) is 10.8. The van der Waals surface area contributed by atoms with Gasteiger partial charge in [0.2, 0.25) is 0 Å². The lowest BCUT2D eigenvalue weighted by molar-refractivity contribution is 0.402. The lowest BCUT2D eigenvalue weighted by Crippen LogP contribution is -2.55. The molecule has 2 aliphatic heterocycles. The molecule has 0 aromatic heterocycles. The third kappa shape index (κ3) is 4.14. The Bertz CT molecular complexity index is 825. The van der Waals surface area contributed by atoms with Gasteiger partial charge in [0.1, 0.15) is 5.84 Å². The molecule has 5 heteroatoms. The molecule has 1 spiro atoms. The number of hydrogen-bond acceptors (Lipinski definition) is 5. The zero-order chi connectivity index (χ0) is 18.7. The molecule has 1 fully saturated rings. The van der Waals surface area contributed by atoms with Crippen molar-refractivity contribution in [3.8, 4) is 0 Å². The fourth-order valence-corrected chi connectivity index (χ4v) is 5.09. The molecule has 0 amide bonds. The smallest absolute Gasteiger partial charge is 0.128 e. The molecule has 0 unspecified atom stereocenters. The Balaban J connectivity index is 1.56. The van der Waals surface area contributed by atoms with Crippen LogP contribution in [-0.2, 0) is 13.1 Å². The first-order valence-electron chi connectivity index (χ1n) is 9.65. The summed E-state index contributed by atoms with van der Waals surface area (Å²) in [4.78, 5) is 7.24. The van der Waals surface area contributed by atoms with E-state index in [1.165, 1.54) is 22.6 Å². The number of anilines is 1. The van der Waals surface area contributed by atoms with E-state index in [1.54, 1.807) is 0 Å². The van der Waals surface area contributed by atoms with Crippen LogP contribution in [0.4, 0.5) is 11.4 Å². The van der Waals surface area contributed by atoms with Gasteiger partial charge in [0, 0.05) is 13.1 Å². The third-order valence-corrected chi connectivity index (χ3v) is 6.25. The largest absolute Gasteiger partial charge is 0.371 e. The number of nitrogens with zero attached hydrogens (tertiary/aromatic N) is 2. The van der Waals surface area contributed by atoms with E-state index in [0.717, 1.165) is 43.1 Å². The average Bonchev–Trinajstić information content (AvgIpc) is 2.67. The predicted octanol–water partition coefficient (Wildman–Crippen LogP) is 4.26. The van der Waals surface area contributed by atoms with E-state index in [-0.39, 0.29) is 5.54 Å². The fraction of sp³-hybridized carbons (Fsp3) is 0.409. The van der Waals surface area contributed by atoms with Gasteiger partial charge in [0.05, 0.1) is 16.9 Å². The number of benzene rings is 2. The highest BCUT2D eigenvalue weighted by atomic mass is 32.2. The van der Waals surface area contributed by atoms with Crippen LogP contribution < -0.4 is 10.6 Å². The normalized spacial score (nSPS) is 18.0. The summed E-state index contributed by atoms with van der Waals surface area (Å²) in [5, 5.41) is 7.51. The van der Waals surface area contributed by atoms with E-state index >= 15 is 0 Å². The minimum absolute atomic E-state index is 0.0547. The first kappa shape index (κ1) is 18.4. The predicted molar refractivity (Wildman–Crippen MR) is 117 cm³/mol. The molecule has 1 saturated heterocycles. The van der Waals surface area contributed by atoms with E-state index in [1.807, 2.05) is 11.8 Å². The fourth-order valence-electron chi connectivity index (χ4n) is 3.90. The van der Waals surface area contributed by atoms with Gasteiger partial charge in [0.15, 0.2) is 0 Å².